The topological polar surface area (TPSA) is 12.0 Å². The third-order valence-corrected chi connectivity index (χ3v) is 4.62. The zero-order valence-electron chi connectivity index (χ0n) is 8.47. The van der Waals surface area contributed by atoms with Crippen LogP contribution in [0.5, 0.6) is 0 Å². The van der Waals surface area contributed by atoms with E-state index in [0.717, 1.165) is 16.5 Å². The van der Waals surface area contributed by atoms with Crippen molar-refractivity contribution in [2.24, 2.45) is 0 Å². The molecule has 0 aromatic heterocycles. The average molecular weight is 187 g/mol. The summed E-state index contributed by atoms with van der Waals surface area (Å²) in [5.74, 6) is 0. The molecule has 72 valence electrons. The molecule has 0 aliphatic carbocycles. The van der Waals surface area contributed by atoms with Crippen molar-refractivity contribution in [2.75, 3.05) is 6.54 Å². The predicted molar refractivity (Wildman–Crippen MR) is 57.8 cm³/mol. The summed E-state index contributed by atoms with van der Waals surface area (Å²) in [5, 5.41) is 5.36. The van der Waals surface area contributed by atoms with Gasteiger partial charge in [-0.1, -0.05) is 20.8 Å². The second-order valence-corrected chi connectivity index (χ2v) is 5.08. The highest BCUT2D eigenvalue weighted by atomic mass is 32.2. The van der Waals surface area contributed by atoms with E-state index in [2.05, 4.69) is 37.8 Å². The highest BCUT2D eigenvalue weighted by Gasteiger charge is 2.26. The summed E-state index contributed by atoms with van der Waals surface area (Å²) < 4.78 is 0. The van der Waals surface area contributed by atoms with Gasteiger partial charge in [-0.15, -0.1) is 0 Å². The van der Waals surface area contributed by atoms with E-state index in [1.807, 2.05) is 0 Å². The van der Waals surface area contributed by atoms with Crippen molar-refractivity contribution in [2.45, 2.75) is 56.6 Å². The normalized spacial score (nSPS) is 36.8. The third-order valence-electron chi connectivity index (χ3n) is 2.72. The number of thioether (sulfide) groups is 1. The molecule has 0 radical (unpaired) electrons. The SMILES string of the molecule is CCC1CNC(CC)C(CC)S1. The lowest BCUT2D eigenvalue weighted by atomic mass is 10.1. The van der Waals surface area contributed by atoms with E-state index < -0.39 is 0 Å². The Labute approximate surface area is 80.7 Å². The van der Waals surface area contributed by atoms with Gasteiger partial charge in [0.2, 0.25) is 0 Å². The fraction of sp³-hybridized carbons (Fsp3) is 1.00. The van der Waals surface area contributed by atoms with E-state index in [-0.39, 0.29) is 0 Å². The number of rotatable bonds is 3. The fourth-order valence-electron chi connectivity index (χ4n) is 1.83. The van der Waals surface area contributed by atoms with Gasteiger partial charge in [-0.3, -0.25) is 0 Å². The van der Waals surface area contributed by atoms with Gasteiger partial charge in [0, 0.05) is 23.1 Å². The largest absolute Gasteiger partial charge is 0.312 e. The van der Waals surface area contributed by atoms with Crippen molar-refractivity contribution in [3.8, 4) is 0 Å². The Bertz CT molecular complexity index is 127. The van der Waals surface area contributed by atoms with Gasteiger partial charge < -0.3 is 5.32 Å². The molecule has 3 unspecified atom stereocenters. The van der Waals surface area contributed by atoms with Gasteiger partial charge in [-0.05, 0) is 19.3 Å². The van der Waals surface area contributed by atoms with Crippen LogP contribution in [-0.2, 0) is 0 Å². The van der Waals surface area contributed by atoms with Gasteiger partial charge in [0.05, 0.1) is 0 Å². The van der Waals surface area contributed by atoms with Crippen molar-refractivity contribution in [3.63, 3.8) is 0 Å². The van der Waals surface area contributed by atoms with E-state index in [1.54, 1.807) is 0 Å². The molecule has 0 aromatic carbocycles. The van der Waals surface area contributed by atoms with Gasteiger partial charge in [0.15, 0.2) is 0 Å². The van der Waals surface area contributed by atoms with Crippen LogP contribution in [0.25, 0.3) is 0 Å². The minimum absolute atomic E-state index is 0.766. The predicted octanol–water partition coefficient (Wildman–Crippen LogP) is 2.66. The van der Waals surface area contributed by atoms with Crippen LogP contribution in [0.3, 0.4) is 0 Å². The summed E-state index contributed by atoms with van der Waals surface area (Å²) in [7, 11) is 0. The minimum atomic E-state index is 0.766. The molecular weight excluding hydrogens is 166 g/mol. The Morgan fingerprint density at radius 2 is 1.92 bits per heavy atom. The van der Waals surface area contributed by atoms with Gasteiger partial charge >= 0.3 is 0 Å². The summed E-state index contributed by atoms with van der Waals surface area (Å²) >= 11 is 2.20. The maximum atomic E-state index is 3.65. The lowest BCUT2D eigenvalue weighted by molar-refractivity contribution is 0.450. The molecular formula is C10H21NS. The van der Waals surface area contributed by atoms with Crippen LogP contribution in [-0.4, -0.2) is 23.1 Å². The summed E-state index contributed by atoms with van der Waals surface area (Å²) in [4.78, 5) is 0. The van der Waals surface area contributed by atoms with Crippen LogP contribution in [0.2, 0.25) is 0 Å². The minimum Gasteiger partial charge on any atom is -0.312 e. The molecule has 0 bridgehead atoms. The average Bonchev–Trinajstić information content (AvgIpc) is 2.16. The molecule has 0 spiro atoms. The second-order valence-electron chi connectivity index (χ2n) is 3.54. The number of nitrogens with one attached hydrogen (secondary N) is 1. The fourth-order valence-corrected chi connectivity index (χ4v) is 3.38. The monoisotopic (exact) mass is 187 g/mol. The quantitative estimate of drug-likeness (QED) is 0.729. The Morgan fingerprint density at radius 3 is 2.42 bits per heavy atom. The molecule has 1 rings (SSSR count). The molecule has 1 heterocycles. The maximum absolute atomic E-state index is 3.65. The molecule has 1 aliphatic heterocycles. The first kappa shape index (κ1) is 10.4. The van der Waals surface area contributed by atoms with Crippen LogP contribution in [0.15, 0.2) is 0 Å². The molecule has 1 nitrogen and oxygen atoms in total. The van der Waals surface area contributed by atoms with E-state index in [9.17, 15) is 0 Å². The standard InChI is InChI=1S/C10H21NS/c1-4-8-7-11-9(5-2)10(6-3)12-8/h8-11H,4-7H2,1-3H3. The lowest BCUT2D eigenvalue weighted by Gasteiger charge is -2.35. The molecule has 1 saturated heterocycles. The van der Waals surface area contributed by atoms with E-state index in [1.165, 1.54) is 25.8 Å². The molecule has 1 fully saturated rings. The first-order chi connectivity index (χ1) is 5.81. The molecule has 0 saturated carbocycles. The highest BCUT2D eigenvalue weighted by molar-refractivity contribution is 8.00. The van der Waals surface area contributed by atoms with Crippen LogP contribution < -0.4 is 5.32 Å². The second kappa shape index (κ2) is 5.13. The molecule has 1 N–H and O–H groups in total. The van der Waals surface area contributed by atoms with Gasteiger partial charge in [0.25, 0.3) is 0 Å². The first-order valence-corrected chi connectivity index (χ1v) is 6.14. The van der Waals surface area contributed by atoms with Gasteiger partial charge in [-0.25, -0.2) is 0 Å². The van der Waals surface area contributed by atoms with Gasteiger partial charge in [-0.2, -0.15) is 11.8 Å². The van der Waals surface area contributed by atoms with Crippen molar-refractivity contribution < 1.29 is 0 Å². The van der Waals surface area contributed by atoms with Crippen molar-refractivity contribution in [3.05, 3.63) is 0 Å². The van der Waals surface area contributed by atoms with Crippen molar-refractivity contribution >= 4 is 11.8 Å². The van der Waals surface area contributed by atoms with Crippen LogP contribution in [0.4, 0.5) is 0 Å². The maximum Gasteiger partial charge on any atom is 0.0201 e. The molecule has 3 atom stereocenters. The lowest BCUT2D eigenvalue weighted by Crippen LogP contribution is -2.46. The van der Waals surface area contributed by atoms with Gasteiger partial charge in [0.1, 0.15) is 0 Å². The first-order valence-electron chi connectivity index (χ1n) is 5.20. The molecule has 0 aromatic rings. The van der Waals surface area contributed by atoms with Crippen LogP contribution >= 0.6 is 11.8 Å². The van der Waals surface area contributed by atoms with Crippen LogP contribution in [0, 0.1) is 0 Å². The Kier molecular flexibility index (Phi) is 4.44. The summed E-state index contributed by atoms with van der Waals surface area (Å²) in [6.07, 6.45) is 3.90. The third kappa shape index (κ3) is 2.40. The molecule has 0 amide bonds. The van der Waals surface area contributed by atoms with Crippen molar-refractivity contribution in [1.29, 1.82) is 0 Å². The Balaban J connectivity index is 2.41. The summed E-state index contributed by atoms with van der Waals surface area (Å²) in [6, 6.07) is 0.766. The van der Waals surface area contributed by atoms with Crippen molar-refractivity contribution in [1.82, 2.24) is 5.32 Å². The summed E-state index contributed by atoms with van der Waals surface area (Å²) in [6.45, 7) is 8.10. The van der Waals surface area contributed by atoms with Crippen LogP contribution in [0.1, 0.15) is 40.0 Å². The zero-order valence-corrected chi connectivity index (χ0v) is 9.29. The van der Waals surface area contributed by atoms with E-state index in [4.69, 9.17) is 0 Å². The smallest absolute Gasteiger partial charge is 0.0201 e. The van der Waals surface area contributed by atoms with E-state index in [0.29, 0.717) is 0 Å². The highest BCUT2D eigenvalue weighted by Crippen LogP contribution is 2.29. The Morgan fingerprint density at radius 1 is 1.17 bits per heavy atom. The zero-order chi connectivity index (χ0) is 8.97. The number of hydrogen-bond donors (Lipinski definition) is 1. The number of hydrogen-bond acceptors (Lipinski definition) is 2. The molecule has 12 heavy (non-hydrogen) atoms. The molecule has 1 aliphatic rings. The Hall–Kier alpha value is 0.310. The molecule has 2 heteroatoms. The van der Waals surface area contributed by atoms with E-state index >= 15 is 0 Å². The summed E-state index contributed by atoms with van der Waals surface area (Å²) in [5.41, 5.74) is 0.